The summed E-state index contributed by atoms with van der Waals surface area (Å²) >= 11 is 0. The predicted molar refractivity (Wildman–Crippen MR) is 69.4 cm³/mol. The number of ether oxygens (including phenoxy) is 2. The van der Waals surface area contributed by atoms with Gasteiger partial charge >= 0.3 is 5.97 Å². The van der Waals surface area contributed by atoms with Crippen LogP contribution in [0.2, 0.25) is 0 Å². The van der Waals surface area contributed by atoms with Gasteiger partial charge in [0.15, 0.2) is 0 Å². The number of likely N-dealkylation sites (tertiary alicyclic amines) is 1. The van der Waals surface area contributed by atoms with Gasteiger partial charge in [-0.3, -0.25) is 4.79 Å². The van der Waals surface area contributed by atoms with Crippen molar-refractivity contribution in [1.82, 2.24) is 4.90 Å². The number of rotatable bonds is 2. The monoisotopic (exact) mass is 269 g/mol. The predicted octanol–water partition coefficient (Wildman–Crippen LogP) is 1.21. The lowest BCUT2D eigenvalue weighted by molar-refractivity contribution is -0.153. The van der Waals surface area contributed by atoms with Crippen molar-refractivity contribution in [2.75, 3.05) is 13.7 Å². The number of esters is 1. The lowest BCUT2D eigenvalue weighted by Gasteiger charge is -2.28. The van der Waals surface area contributed by atoms with Crippen molar-refractivity contribution in [1.29, 1.82) is 0 Å². The first-order valence-corrected chi connectivity index (χ1v) is 7.01. The van der Waals surface area contributed by atoms with Crippen LogP contribution in [0.15, 0.2) is 0 Å². The van der Waals surface area contributed by atoms with Crippen LogP contribution in [0, 0.1) is 11.8 Å². The Morgan fingerprint density at radius 2 is 1.89 bits per heavy atom. The molecule has 5 unspecified atom stereocenters. The van der Waals surface area contributed by atoms with E-state index in [9.17, 15) is 9.59 Å². The van der Waals surface area contributed by atoms with Gasteiger partial charge in [0.05, 0.1) is 25.2 Å². The molecule has 108 valence electrons. The number of nitrogens with zero attached hydrogens (tertiary/aromatic N) is 1. The average Bonchev–Trinajstić information content (AvgIpc) is 2.94. The largest absolute Gasteiger partial charge is 0.467 e. The Labute approximate surface area is 114 Å². The van der Waals surface area contributed by atoms with Crippen LogP contribution < -0.4 is 0 Å². The van der Waals surface area contributed by atoms with Crippen molar-refractivity contribution < 1.29 is 19.1 Å². The Kier molecular flexibility index (Phi) is 4.13. The van der Waals surface area contributed by atoms with Gasteiger partial charge in [0.1, 0.15) is 6.04 Å². The zero-order valence-corrected chi connectivity index (χ0v) is 12.1. The maximum Gasteiger partial charge on any atom is 0.328 e. The molecule has 2 saturated heterocycles. The molecule has 0 aliphatic carbocycles. The first-order chi connectivity index (χ1) is 8.97. The molecule has 0 N–H and O–H groups in total. The van der Waals surface area contributed by atoms with Gasteiger partial charge in [-0.2, -0.15) is 0 Å². The summed E-state index contributed by atoms with van der Waals surface area (Å²) in [5.74, 6) is -0.239. The third kappa shape index (κ3) is 2.48. The number of amides is 1. The molecule has 0 aromatic heterocycles. The van der Waals surface area contributed by atoms with Gasteiger partial charge in [0.2, 0.25) is 5.91 Å². The Balaban J connectivity index is 2.13. The minimum Gasteiger partial charge on any atom is -0.467 e. The number of hydrogen-bond donors (Lipinski definition) is 0. The van der Waals surface area contributed by atoms with E-state index in [4.69, 9.17) is 9.47 Å². The number of carbonyl (C=O) groups excluding carboxylic acids is 2. The van der Waals surface area contributed by atoms with Crippen LogP contribution in [0.3, 0.4) is 0 Å². The Morgan fingerprint density at radius 3 is 2.42 bits per heavy atom. The molecule has 0 bridgehead atoms. The van der Waals surface area contributed by atoms with E-state index in [2.05, 4.69) is 0 Å². The standard InChI is InChI=1S/C14H23NO4/c1-8-9(2)19-10(3)12(8)13(16)15-7-5-6-11(15)14(17)18-4/h8-12H,5-7H2,1-4H3. The maximum atomic E-state index is 12.7. The highest BCUT2D eigenvalue weighted by Gasteiger charge is 2.46. The highest BCUT2D eigenvalue weighted by Crippen LogP contribution is 2.35. The Bertz CT molecular complexity index is 370. The second kappa shape index (κ2) is 5.49. The molecular formula is C14H23NO4. The average molecular weight is 269 g/mol. The molecule has 5 nitrogen and oxygen atoms in total. The molecule has 2 heterocycles. The summed E-state index contributed by atoms with van der Waals surface area (Å²) in [7, 11) is 1.37. The van der Waals surface area contributed by atoms with E-state index in [0.717, 1.165) is 6.42 Å². The minimum atomic E-state index is -0.409. The zero-order chi connectivity index (χ0) is 14.2. The van der Waals surface area contributed by atoms with Crippen LogP contribution in [0.4, 0.5) is 0 Å². The zero-order valence-electron chi connectivity index (χ0n) is 12.1. The normalized spacial score (nSPS) is 38.5. The molecule has 0 saturated carbocycles. The van der Waals surface area contributed by atoms with Gasteiger partial charge in [-0.15, -0.1) is 0 Å². The molecule has 5 heteroatoms. The van der Waals surface area contributed by atoms with Crippen molar-refractivity contribution in [3.63, 3.8) is 0 Å². The second-order valence-corrected chi connectivity index (χ2v) is 5.64. The number of methoxy groups -OCH3 is 1. The van der Waals surface area contributed by atoms with Gasteiger partial charge in [0.25, 0.3) is 0 Å². The molecule has 2 rings (SSSR count). The van der Waals surface area contributed by atoms with Crippen LogP contribution in [0.1, 0.15) is 33.6 Å². The quantitative estimate of drug-likeness (QED) is 0.707. The SMILES string of the molecule is COC(=O)C1CCCN1C(=O)C1C(C)OC(C)C1C. The van der Waals surface area contributed by atoms with Crippen LogP contribution in [0.25, 0.3) is 0 Å². The summed E-state index contributed by atoms with van der Waals surface area (Å²) in [5.41, 5.74) is 0. The molecule has 0 aromatic carbocycles. The lowest BCUT2D eigenvalue weighted by Crippen LogP contribution is -2.46. The van der Waals surface area contributed by atoms with Gasteiger partial charge in [-0.1, -0.05) is 6.92 Å². The minimum absolute atomic E-state index is 0.0391. The molecule has 0 radical (unpaired) electrons. The van der Waals surface area contributed by atoms with Crippen molar-refractivity contribution in [2.45, 2.75) is 51.9 Å². The van der Waals surface area contributed by atoms with E-state index in [1.165, 1.54) is 7.11 Å². The van der Waals surface area contributed by atoms with Gasteiger partial charge in [-0.05, 0) is 32.6 Å². The fourth-order valence-electron chi connectivity index (χ4n) is 3.30. The molecule has 2 fully saturated rings. The van der Waals surface area contributed by atoms with Gasteiger partial charge in [0, 0.05) is 6.54 Å². The molecule has 2 aliphatic heterocycles. The summed E-state index contributed by atoms with van der Waals surface area (Å²) in [4.78, 5) is 26.1. The van der Waals surface area contributed by atoms with Crippen molar-refractivity contribution >= 4 is 11.9 Å². The van der Waals surface area contributed by atoms with Crippen LogP contribution in [-0.4, -0.2) is 48.7 Å². The fourth-order valence-corrected chi connectivity index (χ4v) is 3.30. The summed E-state index contributed by atoms with van der Waals surface area (Å²) in [5, 5.41) is 0. The first kappa shape index (κ1) is 14.3. The van der Waals surface area contributed by atoms with Crippen molar-refractivity contribution in [3.8, 4) is 0 Å². The third-order valence-corrected chi connectivity index (χ3v) is 4.54. The fraction of sp³-hybridized carbons (Fsp3) is 0.857. The summed E-state index contributed by atoms with van der Waals surface area (Å²) < 4.78 is 10.5. The summed E-state index contributed by atoms with van der Waals surface area (Å²) in [6, 6.07) is -0.409. The second-order valence-electron chi connectivity index (χ2n) is 5.64. The van der Waals surface area contributed by atoms with E-state index in [0.29, 0.717) is 13.0 Å². The number of hydrogen-bond acceptors (Lipinski definition) is 4. The molecule has 19 heavy (non-hydrogen) atoms. The van der Waals surface area contributed by atoms with E-state index in [-0.39, 0.29) is 35.9 Å². The van der Waals surface area contributed by atoms with E-state index >= 15 is 0 Å². The van der Waals surface area contributed by atoms with E-state index in [1.807, 2.05) is 20.8 Å². The third-order valence-electron chi connectivity index (χ3n) is 4.54. The van der Waals surface area contributed by atoms with Crippen LogP contribution in [-0.2, 0) is 19.1 Å². The Hall–Kier alpha value is -1.10. The van der Waals surface area contributed by atoms with Crippen molar-refractivity contribution in [3.05, 3.63) is 0 Å². The lowest BCUT2D eigenvalue weighted by atomic mass is 9.88. The maximum absolute atomic E-state index is 12.7. The molecule has 5 atom stereocenters. The van der Waals surface area contributed by atoms with Crippen molar-refractivity contribution in [2.24, 2.45) is 11.8 Å². The highest BCUT2D eigenvalue weighted by molar-refractivity contribution is 5.87. The molecule has 0 spiro atoms. The molecular weight excluding hydrogens is 246 g/mol. The van der Waals surface area contributed by atoms with Crippen LogP contribution in [0.5, 0.6) is 0 Å². The topological polar surface area (TPSA) is 55.8 Å². The van der Waals surface area contributed by atoms with E-state index < -0.39 is 6.04 Å². The van der Waals surface area contributed by atoms with Gasteiger partial charge in [-0.25, -0.2) is 4.79 Å². The molecule has 1 amide bonds. The van der Waals surface area contributed by atoms with Gasteiger partial charge < -0.3 is 14.4 Å². The first-order valence-electron chi connectivity index (χ1n) is 7.01. The summed E-state index contributed by atoms with van der Waals surface area (Å²) in [6.45, 7) is 6.62. The summed E-state index contributed by atoms with van der Waals surface area (Å²) in [6.07, 6.45) is 1.56. The highest BCUT2D eigenvalue weighted by atomic mass is 16.5. The van der Waals surface area contributed by atoms with Crippen LogP contribution >= 0.6 is 0 Å². The molecule has 2 aliphatic rings. The molecule has 0 aromatic rings. The smallest absolute Gasteiger partial charge is 0.328 e. The van der Waals surface area contributed by atoms with E-state index in [1.54, 1.807) is 4.90 Å². The Morgan fingerprint density at radius 1 is 1.21 bits per heavy atom. The number of carbonyl (C=O) groups is 2.